The van der Waals surface area contributed by atoms with Gasteiger partial charge in [-0.1, -0.05) is 23.7 Å². The predicted octanol–water partition coefficient (Wildman–Crippen LogP) is 4.17. The Balaban J connectivity index is 1.58. The van der Waals surface area contributed by atoms with E-state index >= 15 is 0 Å². The fourth-order valence-corrected chi connectivity index (χ4v) is 2.78. The van der Waals surface area contributed by atoms with E-state index in [9.17, 15) is 9.59 Å². The largest absolute Gasteiger partial charge is 0.326 e. The average molecular weight is 343 g/mol. The second-order valence-corrected chi connectivity index (χ2v) is 6.62. The lowest BCUT2D eigenvalue weighted by molar-refractivity contribution is -0.122. The van der Waals surface area contributed by atoms with Gasteiger partial charge in [0.1, 0.15) is 0 Å². The number of nitrogens with one attached hydrogen (secondary N) is 2. The molecule has 2 atom stereocenters. The minimum atomic E-state index is -0.272. The molecule has 2 aromatic carbocycles. The highest BCUT2D eigenvalue weighted by Gasteiger charge is 2.48. The lowest BCUT2D eigenvalue weighted by atomic mass is 10.1. The van der Waals surface area contributed by atoms with E-state index in [1.807, 2.05) is 32.0 Å². The third kappa shape index (κ3) is 3.60. The van der Waals surface area contributed by atoms with Gasteiger partial charge in [0, 0.05) is 16.4 Å². The molecule has 2 amide bonds. The van der Waals surface area contributed by atoms with Gasteiger partial charge in [-0.15, -0.1) is 0 Å². The van der Waals surface area contributed by atoms with E-state index in [2.05, 4.69) is 10.6 Å². The van der Waals surface area contributed by atoms with Crippen molar-refractivity contribution in [3.63, 3.8) is 0 Å². The van der Waals surface area contributed by atoms with Crippen molar-refractivity contribution >= 4 is 34.8 Å². The maximum atomic E-state index is 12.3. The number of rotatable bonds is 4. The van der Waals surface area contributed by atoms with Crippen LogP contribution in [0.2, 0.25) is 5.02 Å². The minimum absolute atomic E-state index is 0.0973. The summed E-state index contributed by atoms with van der Waals surface area (Å²) in [7, 11) is 0. The summed E-state index contributed by atoms with van der Waals surface area (Å²) in [4.78, 5) is 24.6. The summed E-state index contributed by atoms with van der Waals surface area (Å²) < 4.78 is 0. The van der Waals surface area contributed by atoms with Crippen LogP contribution in [0.4, 0.5) is 11.4 Å². The molecule has 4 nitrogen and oxygen atoms in total. The van der Waals surface area contributed by atoms with Crippen molar-refractivity contribution in [3.8, 4) is 0 Å². The highest BCUT2D eigenvalue weighted by Crippen LogP contribution is 2.40. The van der Waals surface area contributed by atoms with Crippen LogP contribution >= 0.6 is 11.6 Å². The molecule has 24 heavy (non-hydrogen) atoms. The van der Waals surface area contributed by atoms with Gasteiger partial charge in [-0.2, -0.15) is 0 Å². The van der Waals surface area contributed by atoms with Crippen LogP contribution in [0, 0.1) is 25.7 Å². The summed E-state index contributed by atoms with van der Waals surface area (Å²) in [6.07, 6.45) is 0.579. The molecule has 3 rings (SSSR count). The van der Waals surface area contributed by atoms with Gasteiger partial charge in [0.05, 0.1) is 11.8 Å². The van der Waals surface area contributed by atoms with Crippen LogP contribution in [0.25, 0.3) is 0 Å². The van der Waals surface area contributed by atoms with Gasteiger partial charge in [-0.05, 0) is 61.7 Å². The molecule has 5 heteroatoms. The maximum Gasteiger partial charge on any atom is 0.228 e. The Morgan fingerprint density at radius 2 is 1.58 bits per heavy atom. The van der Waals surface area contributed by atoms with E-state index in [-0.39, 0.29) is 23.7 Å². The Kier molecular flexibility index (Phi) is 4.58. The first-order valence-electron chi connectivity index (χ1n) is 7.89. The van der Waals surface area contributed by atoms with E-state index in [0.29, 0.717) is 17.1 Å². The van der Waals surface area contributed by atoms with Crippen molar-refractivity contribution < 1.29 is 9.59 Å². The van der Waals surface area contributed by atoms with Crippen molar-refractivity contribution in [2.24, 2.45) is 11.8 Å². The van der Waals surface area contributed by atoms with E-state index in [0.717, 1.165) is 16.8 Å². The van der Waals surface area contributed by atoms with Gasteiger partial charge in [-0.3, -0.25) is 9.59 Å². The molecule has 1 saturated carbocycles. The second-order valence-electron chi connectivity index (χ2n) is 6.18. The van der Waals surface area contributed by atoms with Gasteiger partial charge in [0.25, 0.3) is 0 Å². The molecule has 2 aromatic rings. The van der Waals surface area contributed by atoms with E-state index < -0.39 is 0 Å². The number of anilines is 2. The molecule has 0 radical (unpaired) electrons. The second kappa shape index (κ2) is 6.65. The highest BCUT2D eigenvalue weighted by molar-refractivity contribution is 6.30. The summed E-state index contributed by atoms with van der Waals surface area (Å²) in [5, 5.41) is 6.37. The zero-order valence-electron chi connectivity index (χ0n) is 13.6. The molecule has 0 aromatic heterocycles. The minimum Gasteiger partial charge on any atom is -0.326 e. The number of hydrogen-bond donors (Lipinski definition) is 2. The lowest BCUT2D eigenvalue weighted by Crippen LogP contribution is -2.21. The summed E-state index contributed by atoms with van der Waals surface area (Å²) in [6.45, 7) is 3.98. The molecular weight excluding hydrogens is 324 g/mol. The molecule has 2 N–H and O–H groups in total. The fourth-order valence-electron chi connectivity index (χ4n) is 2.65. The van der Waals surface area contributed by atoms with Crippen molar-refractivity contribution in [3.05, 3.63) is 58.6 Å². The Labute approximate surface area is 146 Å². The lowest BCUT2D eigenvalue weighted by Gasteiger charge is -2.10. The number of amides is 2. The molecule has 0 bridgehead atoms. The van der Waals surface area contributed by atoms with E-state index in [4.69, 9.17) is 11.6 Å². The van der Waals surface area contributed by atoms with Gasteiger partial charge >= 0.3 is 0 Å². The summed E-state index contributed by atoms with van der Waals surface area (Å²) in [5.74, 6) is -0.763. The van der Waals surface area contributed by atoms with Gasteiger partial charge in [-0.25, -0.2) is 0 Å². The molecule has 0 heterocycles. The van der Waals surface area contributed by atoms with E-state index in [1.54, 1.807) is 24.3 Å². The van der Waals surface area contributed by atoms with Crippen LogP contribution in [0.1, 0.15) is 17.5 Å². The van der Waals surface area contributed by atoms with Crippen LogP contribution in [-0.4, -0.2) is 11.8 Å². The smallest absolute Gasteiger partial charge is 0.228 e. The zero-order valence-corrected chi connectivity index (χ0v) is 14.4. The number of aryl methyl sites for hydroxylation is 1. The van der Waals surface area contributed by atoms with Crippen LogP contribution in [0.3, 0.4) is 0 Å². The highest BCUT2D eigenvalue weighted by atomic mass is 35.5. The molecular formula is C19H19ClN2O2. The molecule has 0 spiro atoms. The zero-order chi connectivity index (χ0) is 17.3. The molecule has 1 fully saturated rings. The van der Waals surface area contributed by atoms with Gasteiger partial charge < -0.3 is 10.6 Å². The van der Waals surface area contributed by atoms with Crippen molar-refractivity contribution in [2.45, 2.75) is 20.3 Å². The Bertz CT molecular complexity index is 786. The standard InChI is InChI=1S/C19H19ClN2O2/c1-11-4-3-5-17(12(11)2)22-19(24)16-10-15(16)18(23)21-14-8-6-13(20)7-9-14/h3-9,15-16H,10H2,1-2H3,(H,21,23)(H,22,24). The van der Waals surface area contributed by atoms with E-state index in [1.165, 1.54) is 0 Å². The first-order chi connectivity index (χ1) is 11.5. The van der Waals surface area contributed by atoms with Gasteiger partial charge in [0.2, 0.25) is 11.8 Å². The number of halogens is 1. The first kappa shape index (κ1) is 16.5. The van der Waals surface area contributed by atoms with Crippen molar-refractivity contribution in [1.29, 1.82) is 0 Å². The molecule has 0 aliphatic heterocycles. The topological polar surface area (TPSA) is 58.2 Å². The Hall–Kier alpha value is -2.33. The SMILES string of the molecule is Cc1cccc(NC(=O)C2CC2C(=O)Nc2ccc(Cl)cc2)c1C. The Morgan fingerprint density at radius 3 is 2.25 bits per heavy atom. The number of hydrogen-bond acceptors (Lipinski definition) is 2. The molecule has 0 saturated heterocycles. The molecule has 124 valence electrons. The summed E-state index contributed by atoms with van der Waals surface area (Å²) in [6, 6.07) is 12.7. The average Bonchev–Trinajstić information content (AvgIpc) is 3.35. The fraction of sp³-hybridized carbons (Fsp3) is 0.263. The van der Waals surface area contributed by atoms with Crippen LogP contribution in [0.5, 0.6) is 0 Å². The van der Waals surface area contributed by atoms with Gasteiger partial charge in [0.15, 0.2) is 0 Å². The van der Waals surface area contributed by atoms with Crippen LogP contribution in [0.15, 0.2) is 42.5 Å². The molecule has 2 unspecified atom stereocenters. The van der Waals surface area contributed by atoms with Crippen LogP contribution < -0.4 is 10.6 Å². The number of carbonyl (C=O) groups excluding carboxylic acids is 2. The monoisotopic (exact) mass is 342 g/mol. The normalized spacial score (nSPS) is 18.8. The Morgan fingerprint density at radius 1 is 0.958 bits per heavy atom. The van der Waals surface area contributed by atoms with Crippen molar-refractivity contribution in [2.75, 3.05) is 10.6 Å². The third-order valence-electron chi connectivity index (χ3n) is 4.44. The number of benzene rings is 2. The maximum absolute atomic E-state index is 12.3. The molecule has 1 aliphatic carbocycles. The molecule has 1 aliphatic rings. The summed E-state index contributed by atoms with van der Waals surface area (Å²) in [5.41, 5.74) is 3.67. The first-order valence-corrected chi connectivity index (χ1v) is 8.27. The predicted molar refractivity (Wildman–Crippen MR) is 96.2 cm³/mol. The number of carbonyl (C=O) groups is 2. The van der Waals surface area contributed by atoms with Crippen LogP contribution in [-0.2, 0) is 9.59 Å². The summed E-state index contributed by atoms with van der Waals surface area (Å²) >= 11 is 5.82. The quantitative estimate of drug-likeness (QED) is 0.876. The van der Waals surface area contributed by atoms with Crippen molar-refractivity contribution in [1.82, 2.24) is 0 Å². The third-order valence-corrected chi connectivity index (χ3v) is 4.69.